The maximum absolute atomic E-state index is 13.5. The number of primary sulfonamides is 1. The third kappa shape index (κ3) is 4.49. The summed E-state index contributed by atoms with van der Waals surface area (Å²) in [6.45, 7) is 0.475. The van der Waals surface area contributed by atoms with E-state index >= 15 is 0 Å². The average molecular weight is 379 g/mol. The summed E-state index contributed by atoms with van der Waals surface area (Å²) in [5.41, 5.74) is -0.0783. The Labute approximate surface area is 131 Å². The third-order valence-electron chi connectivity index (χ3n) is 3.33. The molecule has 2 rings (SSSR count). The number of sulfonamides is 1. The van der Waals surface area contributed by atoms with E-state index in [1.165, 1.54) is 12.8 Å². The van der Waals surface area contributed by atoms with E-state index in [1.54, 1.807) is 0 Å². The van der Waals surface area contributed by atoms with E-state index in [9.17, 15) is 17.6 Å². The lowest BCUT2D eigenvalue weighted by Crippen LogP contribution is -2.26. The fourth-order valence-electron chi connectivity index (χ4n) is 2.03. The minimum Gasteiger partial charge on any atom is -0.352 e. The van der Waals surface area contributed by atoms with E-state index in [1.807, 2.05) is 0 Å². The van der Waals surface area contributed by atoms with Gasteiger partial charge in [0.25, 0.3) is 5.91 Å². The normalized spacial score (nSPS) is 15.0. The Balaban J connectivity index is 2.10. The van der Waals surface area contributed by atoms with E-state index in [0.29, 0.717) is 6.54 Å². The molecule has 1 amide bonds. The van der Waals surface area contributed by atoms with E-state index in [-0.39, 0.29) is 10.0 Å². The number of hydrogen-bond donors (Lipinski definition) is 2. The second kappa shape index (κ2) is 6.41. The largest absolute Gasteiger partial charge is 0.352 e. The van der Waals surface area contributed by atoms with Crippen LogP contribution in [0.4, 0.5) is 4.39 Å². The number of carbonyl (C=O) groups excluding carboxylic acids is 1. The van der Waals surface area contributed by atoms with Crippen molar-refractivity contribution in [1.82, 2.24) is 5.32 Å². The molecule has 21 heavy (non-hydrogen) atoms. The fraction of sp³-hybridized carbons (Fsp3) is 0.462. The first-order valence-corrected chi connectivity index (χ1v) is 8.93. The van der Waals surface area contributed by atoms with E-state index in [0.717, 1.165) is 30.9 Å². The zero-order valence-corrected chi connectivity index (χ0v) is 13.6. The van der Waals surface area contributed by atoms with Crippen molar-refractivity contribution in [3.8, 4) is 0 Å². The van der Waals surface area contributed by atoms with Crippen LogP contribution < -0.4 is 10.5 Å². The molecule has 1 aliphatic carbocycles. The van der Waals surface area contributed by atoms with Gasteiger partial charge in [-0.2, -0.15) is 0 Å². The van der Waals surface area contributed by atoms with E-state index < -0.39 is 26.6 Å². The highest BCUT2D eigenvalue weighted by Gasteiger charge is 2.22. The van der Waals surface area contributed by atoms with Gasteiger partial charge in [-0.05, 0) is 46.8 Å². The fourth-order valence-corrected chi connectivity index (χ4v) is 3.75. The second-order valence-corrected chi connectivity index (χ2v) is 7.47. The van der Waals surface area contributed by atoms with Crippen molar-refractivity contribution in [1.29, 1.82) is 0 Å². The molecule has 1 aromatic carbocycles. The second-order valence-electron chi connectivity index (χ2n) is 5.15. The summed E-state index contributed by atoms with van der Waals surface area (Å²) < 4.78 is 36.2. The van der Waals surface area contributed by atoms with Crippen LogP contribution in [-0.2, 0) is 10.0 Å². The molecule has 0 bridgehead atoms. The summed E-state index contributed by atoms with van der Waals surface area (Å²) in [6.07, 6.45) is 4.42. The number of nitrogens with two attached hydrogens (primary N) is 1. The predicted molar refractivity (Wildman–Crippen MR) is 79.8 cm³/mol. The van der Waals surface area contributed by atoms with Crippen molar-refractivity contribution < 1.29 is 17.6 Å². The highest BCUT2D eigenvalue weighted by molar-refractivity contribution is 9.10. The molecule has 0 aliphatic heterocycles. The van der Waals surface area contributed by atoms with Crippen LogP contribution in [0.15, 0.2) is 21.5 Å². The van der Waals surface area contributed by atoms with Crippen molar-refractivity contribution in [2.24, 2.45) is 11.1 Å². The minimum absolute atomic E-state index is 0.0221. The maximum Gasteiger partial charge on any atom is 0.252 e. The summed E-state index contributed by atoms with van der Waals surface area (Å²) in [7, 11) is -4.11. The number of benzene rings is 1. The molecule has 8 heteroatoms. The third-order valence-corrected chi connectivity index (χ3v) is 5.38. The highest BCUT2D eigenvalue weighted by atomic mass is 79.9. The van der Waals surface area contributed by atoms with Crippen LogP contribution in [0.25, 0.3) is 0 Å². The molecule has 1 aliphatic rings. The van der Waals surface area contributed by atoms with Gasteiger partial charge in [0.1, 0.15) is 5.82 Å². The molecule has 0 spiro atoms. The van der Waals surface area contributed by atoms with Gasteiger partial charge in [-0.15, -0.1) is 0 Å². The lowest BCUT2D eigenvalue weighted by atomic mass is 10.2. The van der Waals surface area contributed by atoms with Crippen molar-refractivity contribution in [3.05, 3.63) is 28.0 Å². The van der Waals surface area contributed by atoms with Gasteiger partial charge in [0, 0.05) is 6.54 Å². The molecular formula is C13H16BrFN2O3S. The maximum atomic E-state index is 13.5. The predicted octanol–water partition coefficient (Wildman–Crippen LogP) is 2.16. The Morgan fingerprint density at radius 1 is 1.43 bits per heavy atom. The Morgan fingerprint density at radius 2 is 2.10 bits per heavy atom. The molecule has 5 nitrogen and oxygen atoms in total. The average Bonchev–Trinajstić information content (AvgIpc) is 3.19. The van der Waals surface area contributed by atoms with Gasteiger partial charge >= 0.3 is 0 Å². The first kappa shape index (κ1) is 16.4. The van der Waals surface area contributed by atoms with Gasteiger partial charge in [-0.1, -0.05) is 12.8 Å². The standard InChI is InChI=1S/C13H16BrFN2O3S/c14-12-10(6-9(15)7-11(12)21(16,19)20)13(18)17-5-1-2-8-3-4-8/h6-8H,1-5H2,(H,17,18)(H2,16,19,20). The van der Waals surface area contributed by atoms with Crippen molar-refractivity contribution in [3.63, 3.8) is 0 Å². The molecule has 1 aromatic rings. The Bertz CT molecular complexity index is 660. The van der Waals surface area contributed by atoms with Crippen molar-refractivity contribution in [2.45, 2.75) is 30.6 Å². The topological polar surface area (TPSA) is 89.3 Å². The Morgan fingerprint density at radius 3 is 2.67 bits per heavy atom. The summed E-state index contributed by atoms with van der Waals surface area (Å²) >= 11 is 3.01. The van der Waals surface area contributed by atoms with Gasteiger partial charge in [0.2, 0.25) is 10.0 Å². The summed E-state index contributed by atoms with van der Waals surface area (Å²) in [5, 5.41) is 7.66. The van der Waals surface area contributed by atoms with Crippen LogP contribution >= 0.6 is 15.9 Å². The monoisotopic (exact) mass is 378 g/mol. The molecule has 0 radical (unpaired) electrons. The number of nitrogens with one attached hydrogen (secondary N) is 1. The molecule has 1 saturated carbocycles. The number of rotatable bonds is 6. The first-order chi connectivity index (χ1) is 9.79. The van der Waals surface area contributed by atoms with Crippen LogP contribution in [0.2, 0.25) is 0 Å². The molecule has 0 aromatic heterocycles. The number of halogens is 2. The summed E-state index contributed by atoms with van der Waals surface area (Å²) in [6, 6.07) is 1.76. The first-order valence-electron chi connectivity index (χ1n) is 6.59. The van der Waals surface area contributed by atoms with Gasteiger partial charge in [-0.3, -0.25) is 4.79 Å². The molecule has 1 fully saturated rings. The summed E-state index contributed by atoms with van der Waals surface area (Å²) in [4.78, 5) is 11.6. The molecule has 3 N–H and O–H groups in total. The number of amides is 1. The Hall–Kier alpha value is -0.990. The molecule has 0 heterocycles. The van der Waals surface area contributed by atoms with Crippen LogP contribution in [-0.4, -0.2) is 20.9 Å². The van der Waals surface area contributed by atoms with Gasteiger partial charge in [0.15, 0.2) is 0 Å². The minimum atomic E-state index is -4.11. The lowest BCUT2D eigenvalue weighted by Gasteiger charge is -2.10. The van der Waals surface area contributed by atoms with Crippen LogP contribution in [0, 0.1) is 11.7 Å². The molecular weight excluding hydrogens is 363 g/mol. The summed E-state index contributed by atoms with van der Waals surface area (Å²) in [5.74, 6) is -0.579. The van der Waals surface area contributed by atoms with Crippen LogP contribution in [0.1, 0.15) is 36.0 Å². The zero-order valence-electron chi connectivity index (χ0n) is 11.2. The smallest absolute Gasteiger partial charge is 0.252 e. The quantitative estimate of drug-likeness (QED) is 0.743. The lowest BCUT2D eigenvalue weighted by molar-refractivity contribution is 0.0951. The van der Waals surface area contributed by atoms with Gasteiger partial charge in [-0.25, -0.2) is 17.9 Å². The SMILES string of the molecule is NS(=O)(=O)c1cc(F)cc(C(=O)NCCCC2CC2)c1Br. The van der Waals surface area contributed by atoms with Gasteiger partial charge < -0.3 is 5.32 Å². The van der Waals surface area contributed by atoms with E-state index in [4.69, 9.17) is 5.14 Å². The number of hydrogen-bond acceptors (Lipinski definition) is 3. The number of carbonyl (C=O) groups is 1. The Kier molecular flexibility index (Phi) is 5.00. The van der Waals surface area contributed by atoms with Gasteiger partial charge in [0.05, 0.1) is 14.9 Å². The van der Waals surface area contributed by atoms with Crippen LogP contribution in [0.5, 0.6) is 0 Å². The van der Waals surface area contributed by atoms with E-state index in [2.05, 4.69) is 21.2 Å². The molecule has 0 atom stereocenters. The molecule has 0 saturated heterocycles. The molecule has 0 unspecified atom stereocenters. The highest BCUT2D eigenvalue weighted by Crippen LogP contribution is 2.33. The van der Waals surface area contributed by atoms with Crippen molar-refractivity contribution >= 4 is 31.9 Å². The van der Waals surface area contributed by atoms with Crippen molar-refractivity contribution in [2.75, 3.05) is 6.54 Å². The van der Waals surface area contributed by atoms with Crippen LogP contribution in [0.3, 0.4) is 0 Å². The molecule has 116 valence electrons. The zero-order chi connectivity index (χ0) is 15.6.